The summed E-state index contributed by atoms with van der Waals surface area (Å²) in [7, 11) is 0. The lowest BCUT2D eigenvalue weighted by molar-refractivity contribution is -0.149. The number of nitrogens with zero attached hydrogens (tertiary/aromatic N) is 1. The van der Waals surface area contributed by atoms with Crippen LogP contribution in [-0.4, -0.2) is 47.9 Å². The quantitative estimate of drug-likeness (QED) is 0.317. The number of hydrogen-bond acceptors (Lipinski definition) is 7. The van der Waals surface area contributed by atoms with Gasteiger partial charge < -0.3 is 14.2 Å². The number of hydrogen-bond donors (Lipinski definition) is 0. The predicted molar refractivity (Wildman–Crippen MR) is 112 cm³/mol. The molecule has 0 aliphatic carbocycles. The number of unbranched alkanes of at least 4 members (excludes halogenated alkanes) is 1. The monoisotopic (exact) mass is 421 g/mol. The summed E-state index contributed by atoms with van der Waals surface area (Å²) in [6.07, 6.45) is 3.27. The van der Waals surface area contributed by atoms with E-state index >= 15 is 0 Å². The fourth-order valence-corrected chi connectivity index (χ4v) is 3.38. The van der Waals surface area contributed by atoms with Crippen LogP contribution in [0.25, 0.3) is 6.08 Å². The Kier molecular flexibility index (Phi) is 8.57. The molecule has 0 saturated carbocycles. The average Bonchev–Trinajstić information content (AvgIpc) is 2.90. The zero-order chi connectivity index (χ0) is 21.4. The number of ether oxygens (including phenoxy) is 3. The second-order valence-electron chi connectivity index (χ2n) is 6.65. The molecule has 1 saturated heterocycles. The fourth-order valence-electron chi connectivity index (χ4n) is 2.55. The lowest BCUT2D eigenvalue weighted by Gasteiger charge is -2.13. The van der Waals surface area contributed by atoms with Gasteiger partial charge in [0.1, 0.15) is 6.54 Å². The number of benzene rings is 1. The minimum Gasteiger partial charge on any atom is -0.490 e. The number of amides is 2. The van der Waals surface area contributed by atoms with Crippen LogP contribution in [0.2, 0.25) is 0 Å². The summed E-state index contributed by atoms with van der Waals surface area (Å²) >= 11 is 0.796. The normalized spacial score (nSPS) is 15.3. The maximum atomic E-state index is 12.5. The maximum Gasteiger partial charge on any atom is 0.326 e. The Morgan fingerprint density at radius 3 is 2.59 bits per heavy atom. The number of carbonyl (C=O) groups excluding carboxylic acids is 3. The summed E-state index contributed by atoms with van der Waals surface area (Å²) in [5.74, 6) is 0.0942. The van der Waals surface area contributed by atoms with Crippen LogP contribution in [-0.2, 0) is 14.3 Å². The Morgan fingerprint density at radius 1 is 1.17 bits per heavy atom. The fraction of sp³-hybridized carbons (Fsp3) is 0.476. The first kappa shape index (κ1) is 22.8. The molecule has 0 aromatic heterocycles. The van der Waals surface area contributed by atoms with Gasteiger partial charge >= 0.3 is 5.97 Å². The molecule has 0 bridgehead atoms. The summed E-state index contributed by atoms with van der Waals surface area (Å²) in [5, 5.41) is -0.494. The van der Waals surface area contributed by atoms with Crippen LogP contribution in [0.5, 0.6) is 11.5 Å². The molecule has 2 rings (SSSR count). The van der Waals surface area contributed by atoms with Gasteiger partial charge in [-0.2, -0.15) is 0 Å². The molecule has 1 aliphatic rings. The predicted octanol–water partition coefficient (Wildman–Crippen LogP) is 4.25. The van der Waals surface area contributed by atoms with E-state index in [1.54, 1.807) is 38.1 Å². The van der Waals surface area contributed by atoms with E-state index in [1.165, 1.54) is 0 Å². The Balaban J connectivity index is 2.16. The third-order valence-electron chi connectivity index (χ3n) is 3.85. The molecule has 1 aromatic carbocycles. The van der Waals surface area contributed by atoms with Gasteiger partial charge in [0.25, 0.3) is 11.1 Å². The molecule has 0 N–H and O–H groups in total. The van der Waals surface area contributed by atoms with Crippen LogP contribution in [0.3, 0.4) is 0 Å². The van der Waals surface area contributed by atoms with Crippen molar-refractivity contribution in [2.24, 2.45) is 0 Å². The van der Waals surface area contributed by atoms with Crippen LogP contribution >= 0.6 is 11.8 Å². The Hall–Kier alpha value is -2.48. The minimum atomic E-state index is -0.615. The molecular weight excluding hydrogens is 394 g/mol. The first-order valence-electron chi connectivity index (χ1n) is 9.70. The van der Waals surface area contributed by atoms with Crippen molar-refractivity contribution in [1.29, 1.82) is 0 Å². The van der Waals surface area contributed by atoms with E-state index < -0.39 is 23.7 Å². The van der Waals surface area contributed by atoms with E-state index in [9.17, 15) is 14.4 Å². The number of thioether (sulfide) groups is 1. The topological polar surface area (TPSA) is 82.1 Å². The molecule has 0 atom stereocenters. The van der Waals surface area contributed by atoms with Crippen molar-refractivity contribution < 1.29 is 28.6 Å². The van der Waals surface area contributed by atoms with Gasteiger partial charge in [0.15, 0.2) is 11.5 Å². The summed E-state index contributed by atoms with van der Waals surface area (Å²) in [4.78, 5) is 37.6. The Morgan fingerprint density at radius 2 is 1.93 bits per heavy atom. The second-order valence-corrected chi connectivity index (χ2v) is 7.64. The highest BCUT2D eigenvalue weighted by Crippen LogP contribution is 2.34. The van der Waals surface area contributed by atoms with Crippen LogP contribution in [0.4, 0.5) is 4.79 Å². The highest BCUT2D eigenvalue weighted by atomic mass is 32.2. The molecule has 8 heteroatoms. The van der Waals surface area contributed by atoms with Crippen LogP contribution in [0.1, 0.15) is 46.1 Å². The third-order valence-corrected chi connectivity index (χ3v) is 4.76. The van der Waals surface area contributed by atoms with Crippen LogP contribution in [0.15, 0.2) is 23.1 Å². The smallest absolute Gasteiger partial charge is 0.326 e. The molecule has 0 spiro atoms. The molecule has 1 aromatic rings. The van der Waals surface area contributed by atoms with Crippen molar-refractivity contribution in [3.8, 4) is 11.5 Å². The van der Waals surface area contributed by atoms with Gasteiger partial charge in [0.05, 0.1) is 24.2 Å². The zero-order valence-corrected chi connectivity index (χ0v) is 18.0. The van der Waals surface area contributed by atoms with E-state index in [1.807, 2.05) is 6.92 Å². The van der Waals surface area contributed by atoms with Gasteiger partial charge in [0, 0.05) is 0 Å². The van der Waals surface area contributed by atoms with Gasteiger partial charge in [-0.25, -0.2) is 0 Å². The molecule has 29 heavy (non-hydrogen) atoms. The second kappa shape index (κ2) is 10.9. The number of carbonyl (C=O) groups is 3. The van der Waals surface area contributed by atoms with E-state index in [2.05, 4.69) is 6.92 Å². The molecule has 2 amide bonds. The van der Waals surface area contributed by atoms with Crippen molar-refractivity contribution >= 4 is 35.0 Å². The van der Waals surface area contributed by atoms with Gasteiger partial charge in [-0.15, -0.1) is 0 Å². The largest absolute Gasteiger partial charge is 0.490 e. The summed E-state index contributed by atoms with van der Waals surface area (Å²) in [6, 6.07) is 5.35. The molecule has 7 nitrogen and oxygen atoms in total. The number of esters is 1. The van der Waals surface area contributed by atoms with Crippen LogP contribution < -0.4 is 9.47 Å². The highest BCUT2D eigenvalue weighted by Gasteiger charge is 2.36. The molecule has 1 fully saturated rings. The van der Waals surface area contributed by atoms with Crippen molar-refractivity contribution in [3.63, 3.8) is 0 Å². The highest BCUT2D eigenvalue weighted by molar-refractivity contribution is 8.18. The van der Waals surface area contributed by atoms with Gasteiger partial charge in [-0.1, -0.05) is 19.4 Å². The maximum absolute atomic E-state index is 12.5. The summed E-state index contributed by atoms with van der Waals surface area (Å²) < 4.78 is 16.4. The molecule has 1 aliphatic heterocycles. The van der Waals surface area contributed by atoms with Crippen molar-refractivity contribution in [3.05, 3.63) is 28.7 Å². The van der Waals surface area contributed by atoms with E-state index in [4.69, 9.17) is 14.2 Å². The zero-order valence-electron chi connectivity index (χ0n) is 17.2. The number of rotatable bonds is 10. The van der Waals surface area contributed by atoms with E-state index in [0.717, 1.165) is 29.5 Å². The third kappa shape index (κ3) is 6.52. The Labute approximate surface area is 175 Å². The van der Waals surface area contributed by atoms with Gasteiger partial charge in [-0.3, -0.25) is 19.3 Å². The molecule has 1 heterocycles. The average molecular weight is 422 g/mol. The van der Waals surface area contributed by atoms with Crippen molar-refractivity contribution in [2.45, 2.75) is 46.6 Å². The first-order valence-corrected chi connectivity index (χ1v) is 10.5. The van der Waals surface area contributed by atoms with Gasteiger partial charge in [0.2, 0.25) is 0 Å². The molecule has 0 radical (unpaired) electrons. The van der Waals surface area contributed by atoms with Crippen LogP contribution in [0, 0.1) is 0 Å². The molecule has 158 valence electrons. The van der Waals surface area contributed by atoms with E-state index in [-0.39, 0.29) is 11.0 Å². The lowest BCUT2D eigenvalue weighted by Crippen LogP contribution is -2.35. The van der Waals surface area contributed by atoms with Crippen molar-refractivity contribution in [1.82, 2.24) is 4.90 Å². The number of imide groups is 1. The minimum absolute atomic E-state index is 0.245. The summed E-state index contributed by atoms with van der Waals surface area (Å²) in [6.45, 7) is 8.06. The van der Waals surface area contributed by atoms with Gasteiger partial charge in [-0.05, 0) is 62.7 Å². The SMILES string of the molecule is CCCCOc1ccc(/C=C2\SC(=O)N(CC(=O)OC(C)C)C2=O)cc1OCC. The standard InChI is InChI=1S/C21H27NO6S/c1-5-7-10-27-16-9-8-15(11-17(16)26-6-2)12-18-20(24)22(21(25)29-18)13-19(23)28-14(3)4/h8-9,11-12,14H,5-7,10,13H2,1-4H3/b18-12-. The van der Waals surface area contributed by atoms with E-state index in [0.29, 0.717) is 30.3 Å². The molecular formula is C21H27NO6S. The first-order chi connectivity index (χ1) is 13.8. The summed E-state index contributed by atoms with van der Waals surface area (Å²) in [5.41, 5.74) is 0.701. The molecule has 0 unspecified atom stereocenters. The Bertz CT molecular complexity index is 789. The van der Waals surface area contributed by atoms with Crippen molar-refractivity contribution in [2.75, 3.05) is 19.8 Å². The lowest BCUT2D eigenvalue weighted by atomic mass is 10.2.